The fourth-order valence-electron chi connectivity index (χ4n) is 4.22. The highest BCUT2D eigenvalue weighted by Crippen LogP contribution is 2.34. The number of imidazole rings is 1. The zero-order valence-electron chi connectivity index (χ0n) is 15.1. The number of aromatic nitrogens is 2. The molecule has 1 aromatic heterocycles. The Morgan fingerprint density at radius 2 is 1.73 bits per heavy atom. The lowest BCUT2D eigenvalue weighted by Crippen LogP contribution is -2.30. The quantitative estimate of drug-likeness (QED) is 0.677. The molecule has 2 aromatic rings. The summed E-state index contributed by atoms with van der Waals surface area (Å²) in [4.78, 5) is 23.3. The van der Waals surface area contributed by atoms with Gasteiger partial charge in [0.15, 0.2) is 0 Å². The van der Waals surface area contributed by atoms with Crippen LogP contribution >= 0.6 is 15.9 Å². The third kappa shape index (κ3) is 3.73. The predicted molar refractivity (Wildman–Crippen MR) is 107 cm³/mol. The lowest BCUT2D eigenvalue weighted by molar-refractivity contribution is -0.132. The molecule has 1 N–H and O–H groups in total. The van der Waals surface area contributed by atoms with E-state index in [0.29, 0.717) is 12.3 Å². The van der Waals surface area contributed by atoms with Crippen LogP contribution in [0.3, 0.4) is 0 Å². The molecule has 2 aliphatic rings. The van der Waals surface area contributed by atoms with Gasteiger partial charge in [-0.15, -0.1) is 0 Å². The number of benzene rings is 1. The van der Waals surface area contributed by atoms with Crippen LogP contribution in [-0.2, 0) is 11.2 Å². The monoisotopic (exact) mass is 415 g/mol. The number of nitrogens with one attached hydrogen (secondary N) is 1. The minimum absolute atomic E-state index is 0.117. The molecule has 1 unspecified atom stereocenters. The van der Waals surface area contributed by atoms with E-state index in [-0.39, 0.29) is 6.04 Å². The van der Waals surface area contributed by atoms with Gasteiger partial charge in [-0.3, -0.25) is 4.79 Å². The number of carbonyl (C=O) groups is 1. The molecule has 4 rings (SSSR count). The number of rotatable bonds is 1. The Balaban J connectivity index is 1.71. The third-order valence-electron chi connectivity index (χ3n) is 5.62. The summed E-state index contributed by atoms with van der Waals surface area (Å²) < 4.78 is 1.08. The lowest BCUT2D eigenvalue weighted by atomic mass is 10.0. The molecule has 138 valence electrons. The highest BCUT2D eigenvalue weighted by atomic mass is 79.9. The maximum Gasteiger partial charge on any atom is 0.223 e. The van der Waals surface area contributed by atoms with Crippen LogP contribution in [0.2, 0.25) is 0 Å². The average Bonchev–Trinajstić information content (AvgIpc) is 3.28. The molecular weight excluding hydrogens is 390 g/mol. The molecule has 1 fully saturated rings. The van der Waals surface area contributed by atoms with Crippen LogP contribution in [0.1, 0.15) is 68.9 Å². The number of aryl methyl sites for hydroxylation is 1. The van der Waals surface area contributed by atoms with Crippen LogP contribution in [-0.4, -0.2) is 27.3 Å². The van der Waals surface area contributed by atoms with Crippen LogP contribution < -0.4 is 0 Å². The topological polar surface area (TPSA) is 49.0 Å². The van der Waals surface area contributed by atoms with Crippen molar-refractivity contribution in [3.8, 4) is 11.3 Å². The smallest absolute Gasteiger partial charge is 0.223 e. The molecule has 1 aromatic carbocycles. The zero-order chi connectivity index (χ0) is 17.9. The summed E-state index contributed by atoms with van der Waals surface area (Å²) in [5, 5.41) is 0. The van der Waals surface area contributed by atoms with E-state index in [1.165, 1.54) is 25.0 Å². The van der Waals surface area contributed by atoms with E-state index in [2.05, 4.69) is 50.1 Å². The van der Waals surface area contributed by atoms with Crippen LogP contribution in [0.5, 0.6) is 0 Å². The first-order valence-corrected chi connectivity index (χ1v) is 10.7. The Hall–Kier alpha value is -1.62. The minimum atomic E-state index is 0.117. The van der Waals surface area contributed by atoms with Crippen molar-refractivity contribution in [2.24, 2.45) is 0 Å². The summed E-state index contributed by atoms with van der Waals surface area (Å²) in [6.45, 7) is 0.868. The van der Waals surface area contributed by atoms with Gasteiger partial charge in [0.1, 0.15) is 5.82 Å². The van der Waals surface area contributed by atoms with Crippen molar-refractivity contribution < 1.29 is 4.79 Å². The number of amides is 1. The van der Waals surface area contributed by atoms with Crippen molar-refractivity contribution in [3.05, 3.63) is 40.3 Å². The largest absolute Gasteiger partial charge is 0.344 e. The van der Waals surface area contributed by atoms with E-state index in [1.54, 1.807) is 0 Å². The van der Waals surface area contributed by atoms with Crippen LogP contribution in [0, 0.1) is 0 Å². The molecule has 1 amide bonds. The standard InChI is InChI=1S/C21H26BrN3O/c22-16-12-10-15(11-13-16)20-17-7-4-2-1-3-5-9-19(26)25-14-6-8-18(25)21(23-17)24-20/h10-13,18H,1-9,14H2,(H,23,24). The predicted octanol–water partition coefficient (Wildman–Crippen LogP) is 5.40. The molecule has 4 nitrogen and oxygen atoms in total. The zero-order valence-corrected chi connectivity index (χ0v) is 16.7. The summed E-state index contributed by atoms with van der Waals surface area (Å²) in [5.41, 5.74) is 3.43. The molecule has 0 radical (unpaired) electrons. The average molecular weight is 416 g/mol. The van der Waals surface area contributed by atoms with Gasteiger partial charge in [0, 0.05) is 28.7 Å². The van der Waals surface area contributed by atoms with E-state index in [1.807, 2.05) is 0 Å². The van der Waals surface area contributed by atoms with Crippen molar-refractivity contribution in [1.29, 1.82) is 0 Å². The number of H-pyrrole nitrogens is 1. The minimum Gasteiger partial charge on any atom is -0.344 e. The second-order valence-corrected chi connectivity index (χ2v) is 8.38. The van der Waals surface area contributed by atoms with E-state index >= 15 is 0 Å². The summed E-state index contributed by atoms with van der Waals surface area (Å²) in [5.74, 6) is 1.28. The molecule has 0 spiro atoms. The Bertz CT molecular complexity index is 768. The van der Waals surface area contributed by atoms with E-state index in [0.717, 1.165) is 60.2 Å². The number of hydrogen-bond acceptors (Lipinski definition) is 2. The van der Waals surface area contributed by atoms with Crippen LogP contribution in [0.15, 0.2) is 28.7 Å². The first-order chi connectivity index (χ1) is 12.7. The number of halogens is 1. The number of hydrogen-bond donors (Lipinski definition) is 1. The SMILES string of the molecule is O=C1CCCCCCCc2[nH]c(nc2-c2ccc(Br)cc2)C2CCCN12. The van der Waals surface area contributed by atoms with Crippen molar-refractivity contribution >= 4 is 21.8 Å². The first kappa shape index (κ1) is 17.8. The lowest BCUT2D eigenvalue weighted by Gasteiger charge is -2.23. The van der Waals surface area contributed by atoms with Crippen molar-refractivity contribution in [3.63, 3.8) is 0 Å². The number of fused-ring (bicyclic) bond motifs is 4. The normalized spacial score (nSPS) is 21.7. The first-order valence-electron chi connectivity index (χ1n) is 9.86. The molecule has 0 saturated carbocycles. The Morgan fingerprint density at radius 3 is 2.54 bits per heavy atom. The van der Waals surface area contributed by atoms with E-state index < -0.39 is 0 Å². The molecule has 1 atom stereocenters. The number of aromatic amines is 1. The highest BCUT2D eigenvalue weighted by Gasteiger charge is 2.32. The van der Waals surface area contributed by atoms with Gasteiger partial charge in [-0.05, 0) is 44.2 Å². The van der Waals surface area contributed by atoms with Gasteiger partial charge >= 0.3 is 0 Å². The van der Waals surface area contributed by atoms with Crippen molar-refractivity contribution in [2.45, 2.75) is 63.8 Å². The summed E-state index contributed by atoms with van der Waals surface area (Å²) in [6, 6.07) is 8.49. The second kappa shape index (κ2) is 7.95. The molecule has 3 heterocycles. The third-order valence-corrected chi connectivity index (χ3v) is 6.15. The molecule has 5 heteroatoms. The Labute approximate surface area is 163 Å². The van der Waals surface area contributed by atoms with Crippen LogP contribution in [0.4, 0.5) is 0 Å². The van der Waals surface area contributed by atoms with Gasteiger partial charge in [0.2, 0.25) is 5.91 Å². The fraction of sp³-hybridized carbons (Fsp3) is 0.524. The van der Waals surface area contributed by atoms with Gasteiger partial charge in [0.05, 0.1) is 11.7 Å². The Morgan fingerprint density at radius 1 is 1.00 bits per heavy atom. The molecular formula is C21H26BrN3O. The number of carbonyl (C=O) groups excluding carboxylic acids is 1. The maximum atomic E-state index is 12.7. The number of nitrogens with zero attached hydrogens (tertiary/aromatic N) is 2. The molecule has 2 bridgehead atoms. The van der Waals surface area contributed by atoms with Crippen molar-refractivity contribution in [1.82, 2.24) is 14.9 Å². The molecule has 0 aliphatic carbocycles. The second-order valence-electron chi connectivity index (χ2n) is 7.47. The molecule has 1 saturated heterocycles. The van der Waals surface area contributed by atoms with Gasteiger partial charge < -0.3 is 9.88 Å². The fourth-order valence-corrected chi connectivity index (χ4v) is 4.48. The Kier molecular flexibility index (Phi) is 5.44. The van der Waals surface area contributed by atoms with Gasteiger partial charge in [-0.2, -0.15) is 0 Å². The highest BCUT2D eigenvalue weighted by molar-refractivity contribution is 9.10. The van der Waals surface area contributed by atoms with E-state index in [4.69, 9.17) is 4.98 Å². The van der Waals surface area contributed by atoms with Gasteiger partial charge in [-0.1, -0.05) is 47.3 Å². The van der Waals surface area contributed by atoms with Crippen LogP contribution in [0.25, 0.3) is 11.3 Å². The van der Waals surface area contributed by atoms with Gasteiger partial charge in [0.25, 0.3) is 0 Å². The molecule has 26 heavy (non-hydrogen) atoms. The summed E-state index contributed by atoms with van der Waals surface area (Å²) in [7, 11) is 0. The molecule has 2 aliphatic heterocycles. The summed E-state index contributed by atoms with van der Waals surface area (Å²) >= 11 is 3.51. The van der Waals surface area contributed by atoms with Crippen molar-refractivity contribution in [2.75, 3.05) is 6.54 Å². The van der Waals surface area contributed by atoms with Gasteiger partial charge in [-0.25, -0.2) is 4.98 Å². The maximum absolute atomic E-state index is 12.7. The van der Waals surface area contributed by atoms with E-state index in [9.17, 15) is 4.79 Å². The summed E-state index contributed by atoms with van der Waals surface area (Å²) in [6.07, 6.45) is 9.58.